The highest BCUT2D eigenvalue weighted by atomic mass is 127. The quantitative estimate of drug-likeness (QED) is 0.286. The van der Waals surface area contributed by atoms with Gasteiger partial charge in [0, 0.05) is 11.9 Å². The summed E-state index contributed by atoms with van der Waals surface area (Å²) >= 11 is 0. The Bertz CT molecular complexity index is 883. The summed E-state index contributed by atoms with van der Waals surface area (Å²) in [6, 6.07) is 21.8. The molecule has 0 radical (unpaired) electrons. The molecule has 0 unspecified atom stereocenters. The molecule has 0 aliphatic rings. The van der Waals surface area contributed by atoms with Crippen molar-refractivity contribution in [3.63, 3.8) is 0 Å². The number of nitrogens with one attached hydrogen (secondary N) is 1. The molecule has 1 aromatic heterocycles. The predicted molar refractivity (Wildman–Crippen MR) is 125 cm³/mol. The van der Waals surface area contributed by atoms with Gasteiger partial charge in [0.15, 0.2) is 5.96 Å². The Morgan fingerprint density at radius 3 is 2.57 bits per heavy atom. The van der Waals surface area contributed by atoms with Crippen LogP contribution in [0, 0.1) is 0 Å². The van der Waals surface area contributed by atoms with E-state index in [4.69, 9.17) is 10.5 Å². The summed E-state index contributed by atoms with van der Waals surface area (Å²) in [6.45, 7) is 3.05. The number of hydrogen-bond donors (Lipinski definition) is 2. The Morgan fingerprint density at radius 1 is 1.04 bits per heavy atom. The maximum absolute atomic E-state index is 6.00. The number of pyridine rings is 1. The van der Waals surface area contributed by atoms with E-state index in [1.807, 2.05) is 54.6 Å². The van der Waals surface area contributed by atoms with Crippen molar-refractivity contribution in [2.24, 2.45) is 10.7 Å². The minimum atomic E-state index is 0. The lowest BCUT2D eigenvalue weighted by Crippen LogP contribution is -2.22. The number of aryl methyl sites for hydroxylation is 1. The van der Waals surface area contributed by atoms with E-state index >= 15 is 0 Å². The first-order valence-electron chi connectivity index (χ1n) is 9.00. The second kappa shape index (κ2) is 11.3. The van der Waals surface area contributed by atoms with Crippen LogP contribution in [0.3, 0.4) is 0 Å². The van der Waals surface area contributed by atoms with Gasteiger partial charge < -0.3 is 15.8 Å². The van der Waals surface area contributed by atoms with Crippen LogP contribution in [0.25, 0.3) is 0 Å². The highest BCUT2D eigenvalue weighted by Gasteiger charge is 2.00. The molecule has 3 rings (SSSR count). The van der Waals surface area contributed by atoms with Crippen LogP contribution in [0.15, 0.2) is 77.9 Å². The topological polar surface area (TPSA) is 72.5 Å². The molecule has 0 saturated heterocycles. The van der Waals surface area contributed by atoms with Crippen LogP contribution in [0.2, 0.25) is 0 Å². The molecule has 3 N–H and O–H groups in total. The van der Waals surface area contributed by atoms with Crippen LogP contribution in [-0.2, 0) is 19.6 Å². The molecule has 0 spiro atoms. The van der Waals surface area contributed by atoms with E-state index in [0.29, 0.717) is 19.1 Å². The first-order chi connectivity index (χ1) is 13.2. The fourth-order valence-electron chi connectivity index (χ4n) is 2.56. The third-order valence-electron chi connectivity index (χ3n) is 4.08. The van der Waals surface area contributed by atoms with Gasteiger partial charge in [0.1, 0.15) is 12.4 Å². The maximum Gasteiger partial charge on any atom is 0.193 e. The van der Waals surface area contributed by atoms with Gasteiger partial charge in [-0.15, -0.1) is 24.0 Å². The molecule has 5 nitrogen and oxygen atoms in total. The lowest BCUT2D eigenvalue weighted by atomic mass is 10.1. The summed E-state index contributed by atoms with van der Waals surface area (Å²) in [5, 5.41) is 3.11. The van der Waals surface area contributed by atoms with Crippen LogP contribution < -0.4 is 15.8 Å². The molecule has 0 bridgehead atoms. The van der Waals surface area contributed by atoms with Crippen molar-refractivity contribution in [1.29, 1.82) is 0 Å². The number of nitrogens with two attached hydrogens (primary N) is 1. The lowest BCUT2D eigenvalue weighted by Gasteiger charge is -2.08. The minimum absolute atomic E-state index is 0. The van der Waals surface area contributed by atoms with Gasteiger partial charge in [0.05, 0.1) is 12.2 Å². The number of hydrogen-bond acceptors (Lipinski definition) is 3. The third-order valence-corrected chi connectivity index (χ3v) is 4.08. The molecule has 0 fully saturated rings. The molecule has 28 heavy (non-hydrogen) atoms. The number of rotatable bonds is 7. The smallest absolute Gasteiger partial charge is 0.193 e. The van der Waals surface area contributed by atoms with Gasteiger partial charge in [-0.1, -0.05) is 37.3 Å². The van der Waals surface area contributed by atoms with E-state index in [9.17, 15) is 0 Å². The van der Waals surface area contributed by atoms with Crippen LogP contribution in [0.1, 0.15) is 23.7 Å². The molecular formula is C22H25IN4O. The van der Waals surface area contributed by atoms with E-state index < -0.39 is 0 Å². The Balaban J connectivity index is 0.00000280. The number of aliphatic imine (C=N–C) groups is 1. The van der Waals surface area contributed by atoms with Gasteiger partial charge in [-0.25, -0.2) is 4.99 Å². The number of nitrogens with zero attached hydrogens (tertiary/aromatic N) is 2. The van der Waals surface area contributed by atoms with E-state index in [2.05, 4.69) is 34.3 Å². The zero-order valence-corrected chi connectivity index (χ0v) is 18.2. The fraction of sp³-hybridized carbons (Fsp3) is 0.182. The first kappa shape index (κ1) is 21.7. The molecule has 3 aromatic rings. The van der Waals surface area contributed by atoms with E-state index in [-0.39, 0.29) is 24.0 Å². The number of guanidine groups is 1. The van der Waals surface area contributed by atoms with E-state index in [1.54, 1.807) is 6.20 Å². The molecule has 0 saturated carbocycles. The van der Waals surface area contributed by atoms with Crippen molar-refractivity contribution < 1.29 is 4.74 Å². The molecule has 6 heteroatoms. The van der Waals surface area contributed by atoms with E-state index in [1.165, 1.54) is 5.56 Å². The summed E-state index contributed by atoms with van der Waals surface area (Å²) < 4.78 is 5.80. The summed E-state index contributed by atoms with van der Waals surface area (Å²) in [5.74, 6) is 1.18. The van der Waals surface area contributed by atoms with Crippen LogP contribution in [0.5, 0.6) is 5.75 Å². The summed E-state index contributed by atoms with van der Waals surface area (Å²) in [6.07, 6.45) is 2.78. The highest BCUT2D eigenvalue weighted by Crippen LogP contribution is 2.16. The zero-order chi connectivity index (χ0) is 18.9. The van der Waals surface area contributed by atoms with Gasteiger partial charge in [0.2, 0.25) is 0 Å². The van der Waals surface area contributed by atoms with Crippen LogP contribution in [-0.4, -0.2) is 10.9 Å². The SMILES string of the molecule is CCc1ccc(NC(N)=NCc2cccc(OCc3ccccn3)c2)cc1.I. The standard InChI is InChI=1S/C22H24N4O.HI/c1-2-17-9-11-19(12-10-17)26-22(23)25-15-18-6-5-8-21(14-18)27-16-20-7-3-4-13-24-20;/h3-14H,2,15-16H2,1H3,(H3,23,25,26);1H. The Kier molecular flexibility index (Phi) is 8.74. The minimum Gasteiger partial charge on any atom is -0.487 e. The highest BCUT2D eigenvalue weighted by molar-refractivity contribution is 14.0. The second-order valence-corrected chi connectivity index (χ2v) is 6.13. The molecule has 0 aliphatic carbocycles. The zero-order valence-electron chi connectivity index (χ0n) is 15.8. The van der Waals surface area contributed by atoms with Gasteiger partial charge in [-0.2, -0.15) is 0 Å². The normalized spacial score (nSPS) is 10.8. The Hall–Kier alpha value is -2.61. The van der Waals surface area contributed by atoms with Gasteiger partial charge in [-0.3, -0.25) is 4.98 Å². The average molecular weight is 488 g/mol. The van der Waals surface area contributed by atoms with Crippen molar-refractivity contribution in [1.82, 2.24) is 4.98 Å². The summed E-state index contributed by atoms with van der Waals surface area (Å²) in [4.78, 5) is 8.66. The Morgan fingerprint density at radius 2 is 1.86 bits per heavy atom. The monoisotopic (exact) mass is 488 g/mol. The molecular weight excluding hydrogens is 463 g/mol. The van der Waals surface area contributed by atoms with E-state index in [0.717, 1.165) is 29.1 Å². The van der Waals surface area contributed by atoms with Gasteiger partial charge in [0.25, 0.3) is 0 Å². The molecule has 2 aromatic carbocycles. The lowest BCUT2D eigenvalue weighted by molar-refractivity contribution is 0.301. The molecule has 0 amide bonds. The van der Waals surface area contributed by atoms with Crippen LogP contribution in [0.4, 0.5) is 5.69 Å². The second-order valence-electron chi connectivity index (χ2n) is 6.13. The fourth-order valence-corrected chi connectivity index (χ4v) is 2.56. The average Bonchev–Trinajstić information content (AvgIpc) is 2.72. The number of anilines is 1. The van der Waals surface area contributed by atoms with Gasteiger partial charge in [-0.05, 0) is 53.9 Å². The number of aromatic nitrogens is 1. The molecule has 0 aliphatic heterocycles. The number of benzene rings is 2. The van der Waals surface area contributed by atoms with Crippen molar-refractivity contribution in [2.45, 2.75) is 26.5 Å². The van der Waals surface area contributed by atoms with Crippen molar-refractivity contribution >= 4 is 35.6 Å². The Labute approximate surface area is 183 Å². The summed E-state index contributed by atoms with van der Waals surface area (Å²) in [7, 11) is 0. The summed E-state index contributed by atoms with van der Waals surface area (Å²) in [5.41, 5.74) is 10.1. The molecule has 0 atom stereocenters. The maximum atomic E-state index is 6.00. The largest absolute Gasteiger partial charge is 0.487 e. The molecule has 146 valence electrons. The predicted octanol–water partition coefficient (Wildman–Crippen LogP) is 4.77. The first-order valence-corrected chi connectivity index (χ1v) is 9.00. The van der Waals surface area contributed by atoms with Crippen molar-refractivity contribution in [3.8, 4) is 5.75 Å². The van der Waals surface area contributed by atoms with Crippen molar-refractivity contribution in [2.75, 3.05) is 5.32 Å². The number of ether oxygens (including phenoxy) is 1. The van der Waals surface area contributed by atoms with Crippen molar-refractivity contribution in [3.05, 3.63) is 89.7 Å². The third kappa shape index (κ3) is 6.84. The van der Waals surface area contributed by atoms with Crippen LogP contribution >= 0.6 is 24.0 Å². The van der Waals surface area contributed by atoms with Gasteiger partial charge >= 0.3 is 0 Å². The number of halogens is 1. The molecule has 1 heterocycles.